The Morgan fingerprint density at radius 1 is 1.05 bits per heavy atom. The number of rotatable bonds is 9. The van der Waals surface area contributed by atoms with Crippen molar-refractivity contribution in [3.8, 4) is 11.1 Å². The maximum atomic E-state index is 12.5. The third kappa shape index (κ3) is 6.36. The van der Waals surface area contributed by atoms with Crippen molar-refractivity contribution in [2.45, 2.75) is 58.6 Å². The molecule has 0 bridgehead atoms. The topological polar surface area (TPSA) is 77.8 Å². The van der Waals surface area contributed by atoms with Gasteiger partial charge in [0.2, 0.25) is 5.91 Å². The number of amides is 1. The summed E-state index contributed by atoms with van der Waals surface area (Å²) in [5.74, 6) is -0.796. The molecule has 2 atom stereocenters. The molecule has 1 fully saturated rings. The second-order valence-electron chi connectivity index (χ2n) is 10.0. The van der Waals surface area contributed by atoms with Crippen molar-refractivity contribution in [3.63, 3.8) is 0 Å². The standard InChI is InChI=1S/C32H35NO4/c1-21-18-22(2)31(23(3)19-21)27-8-4-7-26(20-27)29(34)15-13-28-14-16-30(35)33(28)17-5-6-24-9-11-25(12-10-24)32(36)37/h4,7-13,15,18-20,28-29,34H,5-6,14,16-17H2,1-3H3,(H,36,37)/b15-13+. The van der Waals surface area contributed by atoms with Crippen molar-refractivity contribution < 1.29 is 19.8 Å². The van der Waals surface area contributed by atoms with Gasteiger partial charge < -0.3 is 15.1 Å². The molecule has 2 N–H and O–H groups in total. The van der Waals surface area contributed by atoms with Gasteiger partial charge in [-0.3, -0.25) is 4.79 Å². The number of benzene rings is 3. The Hall–Kier alpha value is -3.70. The van der Waals surface area contributed by atoms with E-state index in [0.717, 1.165) is 36.0 Å². The minimum absolute atomic E-state index is 0.0266. The quantitative estimate of drug-likeness (QED) is 0.346. The van der Waals surface area contributed by atoms with Crippen molar-refractivity contribution in [3.05, 3.63) is 106 Å². The SMILES string of the molecule is Cc1cc(C)c(-c2cccc(C(O)/C=C/C3CCC(=O)N3CCCc3ccc(C(=O)O)cc3)c2)c(C)c1. The first-order valence-corrected chi connectivity index (χ1v) is 12.9. The summed E-state index contributed by atoms with van der Waals surface area (Å²) < 4.78 is 0. The second-order valence-corrected chi connectivity index (χ2v) is 10.0. The summed E-state index contributed by atoms with van der Waals surface area (Å²) in [6.45, 7) is 6.97. The van der Waals surface area contributed by atoms with Crippen LogP contribution in [-0.2, 0) is 11.2 Å². The molecule has 0 radical (unpaired) electrons. The van der Waals surface area contributed by atoms with E-state index in [4.69, 9.17) is 5.11 Å². The summed E-state index contributed by atoms with van der Waals surface area (Å²) in [5.41, 5.74) is 8.13. The molecular formula is C32H35NO4. The summed E-state index contributed by atoms with van der Waals surface area (Å²) in [7, 11) is 0. The van der Waals surface area contributed by atoms with E-state index < -0.39 is 12.1 Å². The largest absolute Gasteiger partial charge is 0.478 e. The highest BCUT2D eigenvalue weighted by Crippen LogP contribution is 2.31. The lowest BCUT2D eigenvalue weighted by Gasteiger charge is -2.23. The van der Waals surface area contributed by atoms with Crippen LogP contribution in [0.1, 0.15) is 63.5 Å². The fourth-order valence-corrected chi connectivity index (χ4v) is 5.37. The van der Waals surface area contributed by atoms with Gasteiger partial charge >= 0.3 is 5.97 Å². The predicted molar refractivity (Wildman–Crippen MR) is 147 cm³/mol. The Morgan fingerprint density at radius 2 is 1.76 bits per heavy atom. The van der Waals surface area contributed by atoms with E-state index >= 15 is 0 Å². The summed E-state index contributed by atoms with van der Waals surface area (Å²) in [5, 5.41) is 20.0. The van der Waals surface area contributed by atoms with Gasteiger partial charge in [-0.25, -0.2) is 4.79 Å². The third-order valence-corrected chi connectivity index (χ3v) is 7.15. The molecule has 5 nitrogen and oxygen atoms in total. The zero-order valence-corrected chi connectivity index (χ0v) is 21.8. The summed E-state index contributed by atoms with van der Waals surface area (Å²) in [6, 6.07) is 19.3. The molecule has 3 aromatic carbocycles. The minimum atomic E-state index is -0.932. The van der Waals surface area contributed by atoms with Crippen molar-refractivity contribution >= 4 is 11.9 Å². The van der Waals surface area contributed by atoms with Gasteiger partial charge in [-0.15, -0.1) is 0 Å². The van der Waals surface area contributed by atoms with Gasteiger partial charge in [0, 0.05) is 13.0 Å². The molecule has 1 aliphatic heterocycles. The van der Waals surface area contributed by atoms with Gasteiger partial charge in [0.25, 0.3) is 0 Å². The number of aryl methyl sites for hydroxylation is 4. The number of carboxylic acid groups (broad SMARTS) is 1. The number of carboxylic acids is 1. The molecule has 3 aromatic rings. The van der Waals surface area contributed by atoms with Crippen LogP contribution in [0.15, 0.2) is 72.8 Å². The number of aliphatic hydroxyl groups is 1. The zero-order valence-electron chi connectivity index (χ0n) is 21.8. The van der Waals surface area contributed by atoms with Crippen LogP contribution in [0.3, 0.4) is 0 Å². The summed E-state index contributed by atoms with van der Waals surface area (Å²) in [6.07, 6.45) is 5.84. The molecule has 1 saturated heterocycles. The molecule has 1 aliphatic rings. The fraction of sp³-hybridized carbons (Fsp3) is 0.312. The van der Waals surface area contributed by atoms with Gasteiger partial charge in [0.05, 0.1) is 17.7 Å². The van der Waals surface area contributed by atoms with Crippen LogP contribution < -0.4 is 0 Å². The number of carbonyl (C=O) groups is 2. The van der Waals surface area contributed by atoms with Crippen LogP contribution in [0, 0.1) is 20.8 Å². The highest BCUT2D eigenvalue weighted by Gasteiger charge is 2.28. The van der Waals surface area contributed by atoms with Crippen LogP contribution in [0.5, 0.6) is 0 Å². The van der Waals surface area contributed by atoms with Crippen molar-refractivity contribution in [2.75, 3.05) is 6.54 Å². The van der Waals surface area contributed by atoms with Gasteiger partial charge in [0.15, 0.2) is 0 Å². The second kappa shape index (κ2) is 11.6. The Bertz CT molecular complexity index is 1290. The van der Waals surface area contributed by atoms with Crippen molar-refractivity contribution in [1.82, 2.24) is 4.90 Å². The molecule has 0 spiro atoms. The molecule has 4 rings (SSSR count). The highest BCUT2D eigenvalue weighted by atomic mass is 16.4. The summed E-state index contributed by atoms with van der Waals surface area (Å²) >= 11 is 0. The number of aliphatic hydroxyl groups excluding tert-OH is 1. The van der Waals surface area contributed by atoms with E-state index in [0.29, 0.717) is 13.0 Å². The number of hydrogen-bond donors (Lipinski definition) is 2. The van der Waals surface area contributed by atoms with E-state index in [2.05, 4.69) is 39.0 Å². The number of hydrogen-bond acceptors (Lipinski definition) is 3. The Kier molecular flexibility index (Phi) is 8.24. The van der Waals surface area contributed by atoms with E-state index in [1.54, 1.807) is 18.2 Å². The molecular weight excluding hydrogens is 462 g/mol. The summed E-state index contributed by atoms with van der Waals surface area (Å²) in [4.78, 5) is 25.4. The minimum Gasteiger partial charge on any atom is -0.478 e. The molecule has 37 heavy (non-hydrogen) atoms. The smallest absolute Gasteiger partial charge is 0.335 e. The average Bonchev–Trinajstić information content (AvgIpc) is 3.21. The molecule has 1 amide bonds. The van der Waals surface area contributed by atoms with Crippen molar-refractivity contribution in [2.24, 2.45) is 0 Å². The van der Waals surface area contributed by atoms with Crippen LogP contribution >= 0.6 is 0 Å². The molecule has 0 aliphatic carbocycles. The van der Waals surface area contributed by atoms with Crippen LogP contribution in [-0.4, -0.2) is 39.6 Å². The number of carbonyl (C=O) groups excluding carboxylic acids is 1. The molecule has 0 aromatic heterocycles. The van der Waals surface area contributed by atoms with Gasteiger partial charge in [-0.1, -0.05) is 60.2 Å². The average molecular weight is 498 g/mol. The number of likely N-dealkylation sites (tertiary alicyclic amines) is 1. The number of aromatic carboxylic acids is 1. The lowest BCUT2D eigenvalue weighted by molar-refractivity contribution is -0.128. The molecule has 5 heteroatoms. The molecule has 1 heterocycles. The Balaban J connectivity index is 1.40. The van der Waals surface area contributed by atoms with Crippen LogP contribution in [0.4, 0.5) is 0 Å². The normalized spacial score (nSPS) is 16.5. The van der Waals surface area contributed by atoms with Crippen LogP contribution in [0.2, 0.25) is 0 Å². The molecule has 2 unspecified atom stereocenters. The Morgan fingerprint density at radius 3 is 2.43 bits per heavy atom. The van der Waals surface area contributed by atoms with Gasteiger partial charge in [-0.2, -0.15) is 0 Å². The van der Waals surface area contributed by atoms with E-state index in [1.807, 2.05) is 41.3 Å². The lowest BCUT2D eigenvalue weighted by atomic mass is 9.92. The highest BCUT2D eigenvalue weighted by molar-refractivity contribution is 5.87. The third-order valence-electron chi connectivity index (χ3n) is 7.15. The van der Waals surface area contributed by atoms with E-state index in [-0.39, 0.29) is 17.5 Å². The molecule has 0 saturated carbocycles. The van der Waals surface area contributed by atoms with E-state index in [1.165, 1.54) is 22.3 Å². The fourth-order valence-electron chi connectivity index (χ4n) is 5.37. The monoisotopic (exact) mass is 497 g/mol. The van der Waals surface area contributed by atoms with E-state index in [9.17, 15) is 14.7 Å². The first-order valence-electron chi connectivity index (χ1n) is 12.9. The van der Waals surface area contributed by atoms with Gasteiger partial charge in [-0.05, 0) is 91.6 Å². The first kappa shape index (κ1) is 26.4. The lowest BCUT2D eigenvalue weighted by Crippen LogP contribution is -2.33. The number of nitrogens with zero attached hydrogens (tertiary/aromatic N) is 1. The predicted octanol–water partition coefficient (Wildman–Crippen LogP) is 6.19. The van der Waals surface area contributed by atoms with Gasteiger partial charge in [0.1, 0.15) is 0 Å². The zero-order chi connectivity index (χ0) is 26.5. The van der Waals surface area contributed by atoms with Crippen molar-refractivity contribution in [1.29, 1.82) is 0 Å². The van der Waals surface area contributed by atoms with Crippen LogP contribution in [0.25, 0.3) is 11.1 Å². The molecule has 192 valence electrons. The first-order chi connectivity index (χ1) is 17.7. The Labute approximate surface area is 219 Å². The maximum absolute atomic E-state index is 12.5. The maximum Gasteiger partial charge on any atom is 0.335 e.